The van der Waals surface area contributed by atoms with E-state index in [-0.39, 0.29) is 5.03 Å². The molecule has 2 rings (SSSR count). The average molecular weight is 315 g/mol. The summed E-state index contributed by atoms with van der Waals surface area (Å²) in [5.41, 5.74) is 1.50. The Morgan fingerprint density at radius 2 is 2.05 bits per heavy atom. The second kappa shape index (κ2) is 6.87. The van der Waals surface area contributed by atoms with Gasteiger partial charge in [-0.25, -0.2) is 8.42 Å². The Morgan fingerprint density at radius 1 is 1.38 bits per heavy atom. The number of hydrogen-bond donors (Lipinski definition) is 2. The minimum Gasteiger partial charge on any atom is -0.316 e. The van der Waals surface area contributed by atoms with Crippen LogP contribution in [0, 0.1) is 6.92 Å². The first-order chi connectivity index (χ1) is 9.96. The first-order valence-electron chi connectivity index (χ1n) is 7.34. The summed E-state index contributed by atoms with van der Waals surface area (Å²) < 4.78 is 26.7. The second-order valence-electron chi connectivity index (χ2n) is 5.54. The lowest BCUT2D eigenvalue weighted by Crippen LogP contribution is -2.35. The van der Waals surface area contributed by atoms with Crippen LogP contribution >= 0.6 is 0 Å². The molecular formula is C13H25N5O2S. The van der Waals surface area contributed by atoms with Gasteiger partial charge < -0.3 is 10.2 Å². The molecule has 0 spiro atoms. The monoisotopic (exact) mass is 315 g/mol. The van der Waals surface area contributed by atoms with E-state index in [4.69, 9.17) is 0 Å². The van der Waals surface area contributed by atoms with Crippen molar-refractivity contribution in [3.05, 3.63) is 11.3 Å². The summed E-state index contributed by atoms with van der Waals surface area (Å²) in [6, 6.07) is 0. The molecule has 1 fully saturated rings. The maximum Gasteiger partial charge on any atom is 0.262 e. The van der Waals surface area contributed by atoms with E-state index in [2.05, 4.69) is 20.4 Å². The third-order valence-electron chi connectivity index (χ3n) is 3.97. The van der Waals surface area contributed by atoms with Crippen molar-refractivity contribution < 1.29 is 8.42 Å². The van der Waals surface area contributed by atoms with Crippen molar-refractivity contribution in [1.29, 1.82) is 0 Å². The third-order valence-corrected chi connectivity index (χ3v) is 5.80. The number of likely N-dealkylation sites (tertiary alicyclic amines) is 1. The van der Waals surface area contributed by atoms with Gasteiger partial charge in [0.15, 0.2) is 5.03 Å². The number of hydrogen-bond acceptors (Lipinski definition) is 5. The summed E-state index contributed by atoms with van der Waals surface area (Å²) in [6.45, 7) is 5.73. The van der Waals surface area contributed by atoms with E-state index >= 15 is 0 Å². The zero-order valence-corrected chi connectivity index (χ0v) is 13.8. The van der Waals surface area contributed by atoms with E-state index in [0.29, 0.717) is 18.7 Å². The fourth-order valence-corrected chi connectivity index (χ4v) is 3.90. The SMILES string of the molecule is CNCc1c(S(=O)(=O)N(C)CCN2CCCC2)n[nH]c1C. The smallest absolute Gasteiger partial charge is 0.262 e. The zero-order valence-electron chi connectivity index (χ0n) is 13.0. The Kier molecular flexibility index (Phi) is 5.37. The number of aromatic amines is 1. The van der Waals surface area contributed by atoms with Gasteiger partial charge in [-0.05, 0) is 39.9 Å². The van der Waals surface area contributed by atoms with E-state index in [0.717, 1.165) is 25.3 Å². The van der Waals surface area contributed by atoms with Crippen molar-refractivity contribution in [3.63, 3.8) is 0 Å². The van der Waals surface area contributed by atoms with Gasteiger partial charge in [0, 0.05) is 37.9 Å². The minimum atomic E-state index is -3.54. The molecule has 1 aromatic rings. The lowest BCUT2D eigenvalue weighted by Gasteiger charge is -2.20. The number of nitrogens with zero attached hydrogens (tertiary/aromatic N) is 3. The summed E-state index contributed by atoms with van der Waals surface area (Å²) >= 11 is 0. The topological polar surface area (TPSA) is 81.3 Å². The highest BCUT2D eigenvalue weighted by Gasteiger charge is 2.28. The predicted molar refractivity (Wildman–Crippen MR) is 81.6 cm³/mol. The molecule has 0 aromatic carbocycles. The average Bonchev–Trinajstić information content (AvgIpc) is 3.07. The van der Waals surface area contributed by atoms with Crippen LogP contribution in [0.15, 0.2) is 5.03 Å². The maximum atomic E-state index is 12.6. The molecule has 1 aliphatic heterocycles. The molecule has 0 unspecified atom stereocenters. The van der Waals surface area contributed by atoms with Gasteiger partial charge >= 0.3 is 0 Å². The van der Waals surface area contributed by atoms with E-state index in [9.17, 15) is 8.42 Å². The molecule has 1 aromatic heterocycles. The first-order valence-corrected chi connectivity index (χ1v) is 8.78. The molecule has 1 aliphatic rings. The molecule has 1 saturated heterocycles. The molecule has 2 N–H and O–H groups in total. The van der Waals surface area contributed by atoms with Crippen molar-refractivity contribution in [2.24, 2.45) is 0 Å². The zero-order chi connectivity index (χ0) is 15.5. The van der Waals surface area contributed by atoms with Crippen molar-refractivity contribution >= 4 is 10.0 Å². The molecule has 0 amide bonds. The van der Waals surface area contributed by atoms with Gasteiger partial charge in [0.05, 0.1) is 0 Å². The standard InChI is InChI=1S/C13H25N5O2S/c1-11-12(10-14-2)13(16-15-11)21(19,20)17(3)8-9-18-6-4-5-7-18/h14H,4-10H2,1-3H3,(H,15,16). The first kappa shape index (κ1) is 16.4. The van der Waals surface area contributed by atoms with E-state index in [1.807, 2.05) is 6.92 Å². The molecule has 8 heteroatoms. The number of H-pyrrole nitrogens is 1. The van der Waals surface area contributed by atoms with Crippen LogP contribution in [0.25, 0.3) is 0 Å². The van der Waals surface area contributed by atoms with Crippen LogP contribution in [-0.4, -0.2) is 68.1 Å². The number of rotatable bonds is 7. The third kappa shape index (κ3) is 3.63. The summed E-state index contributed by atoms with van der Waals surface area (Å²) in [7, 11) is -0.123. The number of aryl methyl sites for hydroxylation is 1. The van der Waals surface area contributed by atoms with Crippen LogP contribution in [0.4, 0.5) is 0 Å². The van der Waals surface area contributed by atoms with E-state index < -0.39 is 10.0 Å². The van der Waals surface area contributed by atoms with Crippen molar-refractivity contribution in [2.45, 2.75) is 31.3 Å². The highest BCUT2D eigenvalue weighted by molar-refractivity contribution is 7.89. The van der Waals surface area contributed by atoms with Gasteiger partial charge in [0.2, 0.25) is 0 Å². The molecular weight excluding hydrogens is 290 g/mol. The van der Waals surface area contributed by atoms with E-state index in [1.165, 1.54) is 17.1 Å². The van der Waals surface area contributed by atoms with Crippen LogP contribution in [0.3, 0.4) is 0 Å². The summed E-state index contributed by atoms with van der Waals surface area (Å²) in [6.07, 6.45) is 2.42. The van der Waals surface area contributed by atoms with Crippen LogP contribution in [0.5, 0.6) is 0 Å². The molecule has 0 aliphatic carbocycles. The van der Waals surface area contributed by atoms with Crippen molar-refractivity contribution in [2.75, 3.05) is 40.3 Å². The van der Waals surface area contributed by atoms with Crippen molar-refractivity contribution in [1.82, 2.24) is 24.7 Å². The largest absolute Gasteiger partial charge is 0.316 e. The van der Waals surface area contributed by atoms with E-state index in [1.54, 1.807) is 14.1 Å². The van der Waals surface area contributed by atoms with Crippen LogP contribution < -0.4 is 5.32 Å². The molecule has 120 valence electrons. The van der Waals surface area contributed by atoms with Crippen molar-refractivity contribution in [3.8, 4) is 0 Å². The highest BCUT2D eigenvalue weighted by atomic mass is 32.2. The predicted octanol–water partition coefficient (Wildman–Crippen LogP) is 0.154. The lowest BCUT2D eigenvalue weighted by atomic mass is 10.3. The Labute approximate surface area is 126 Å². The summed E-state index contributed by atoms with van der Waals surface area (Å²) in [5.74, 6) is 0. The number of nitrogens with one attached hydrogen (secondary N) is 2. The quantitative estimate of drug-likeness (QED) is 0.749. The number of sulfonamides is 1. The Balaban J connectivity index is 2.09. The van der Waals surface area contributed by atoms with Crippen LogP contribution in [0.2, 0.25) is 0 Å². The normalized spacial score (nSPS) is 17.0. The van der Waals surface area contributed by atoms with Gasteiger partial charge in [-0.2, -0.15) is 9.40 Å². The Morgan fingerprint density at radius 3 is 2.67 bits per heavy atom. The van der Waals surface area contributed by atoms with Crippen LogP contribution in [0.1, 0.15) is 24.1 Å². The molecule has 0 saturated carbocycles. The van der Waals surface area contributed by atoms with Gasteiger partial charge in [0.1, 0.15) is 0 Å². The highest BCUT2D eigenvalue weighted by Crippen LogP contribution is 2.19. The molecule has 21 heavy (non-hydrogen) atoms. The molecule has 0 radical (unpaired) electrons. The summed E-state index contributed by atoms with van der Waals surface area (Å²) in [5, 5.41) is 9.90. The van der Waals surface area contributed by atoms with Crippen LogP contribution in [-0.2, 0) is 16.6 Å². The van der Waals surface area contributed by atoms with Gasteiger partial charge in [-0.15, -0.1) is 0 Å². The number of aromatic nitrogens is 2. The Hall–Kier alpha value is -0.960. The summed E-state index contributed by atoms with van der Waals surface area (Å²) in [4.78, 5) is 2.30. The molecule has 0 bridgehead atoms. The minimum absolute atomic E-state index is 0.137. The van der Waals surface area contributed by atoms with Gasteiger partial charge in [-0.3, -0.25) is 5.10 Å². The van der Waals surface area contributed by atoms with Gasteiger partial charge in [-0.1, -0.05) is 0 Å². The molecule has 2 heterocycles. The molecule has 7 nitrogen and oxygen atoms in total. The Bertz CT molecular complexity index is 563. The fraction of sp³-hybridized carbons (Fsp3) is 0.769. The fourth-order valence-electron chi connectivity index (χ4n) is 2.58. The second-order valence-corrected chi connectivity index (χ2v) is 7.50. The van der Waals surface area contributed by atoms with Gasteiger partial charge in [0.25, 0.3) is 10.0 Å². The lowest BCUT2D eigenvalue weighted by molar-refractivity contribution is 0.309. The molecule has 0 atom stereocenters. The maximum absolute atomic E-state index is 12.6. The number of likely N-dealkylation sites (N-methyl/N-ethyl adjacent to an activating group) is 1.